The van der Waals surface area contributed by atoms with Crippen LogP contribution in [0.3, 0.4) is 0 Å². The van der Waals surface area contributed by atoms with Gasteiger partial charge in [0.15, 0.2) is 0 Å². The van der Waals surface area contributed by atoms with Gasteiger partial charge in [0.25, 0.3) is 0 Å². The molecule has 0 amide bonds. The highest BCUT2D eigenvalue weighted by Crippen LogP contribution is 2.15. The highest BCUT2D eigenvalue weighted by Gasteiger charge is 2.11. The Morgan fingerprint density at radius 1 is 0.821 bits per heavy atom. The summed E-state index contributed by atoms with van der Waals surface area (Å²) in [4.78, 5) is 2.47. The number of rotatable bonds is 16. The molecule has 158 valence electrons. The molecule has 28 heavy (non-hydrogen) atoms. The topological polar surface area (TPSA) is 34.0 Å². The second-order valence-corrected chi connectivity index (χ2v) is 8.02. The van der Waals surface area contributed by atoms with Crippen LogP contribution in [0.4, 0.5) is 4.39 Å². The van der Waals surface area contributed by atoms with E-state index in [-0.39, 0.29) is 5.82 Å². The molecule has 5 heteroatoms. The van der Waals surface area contributed by atoms with Crippen molar-refractivity contribution in [2.24, 2.45) is 0 Å². The monoisotopic (exact) mass is 390 g/mol. The fourth-order valence-electron chi connectivity index (χ4n) is 3.72. The fraction of sp³-hybridized carbons (Fsp3) is 0.739. The van der Waals surface area contributed by atoms with E-state index in [2.05, 4.69) is 29.1 Å². The molecule has 0 bridgehead atoms. The number of hydrogen-bond donors (Lipinski definition) is 0. The smallest absolute Gasteiger partial charge is 0.125 e. The van der Waals surface area contributed by atoms with Gasteiger partial charge in [-0.3, -0.25) is 4.90 Å². The summed E-state index contributed by atoms with van der Waals surface area (Å²) in [5.41, 5.74) is 1.55. The van der Waals surface area contributed by atoms with E-state index in [1.165, 1.54) is 83.1 Å². The maximum Gasteiger partial charge on any atom is 0.125 e. The summed E-state index contributed by atoms with van der Waals surface area (Å²) in [6.07, 6.45) is 15.7. The van der Waals surface area contributed by atoms with Crippen molar-refractivity contribution in [2.45, 2.75) is 97.6 Å². The van der Waals surface area contributed by atoms with Crippen molar-refractivity contribution < 1.29 is 4.39 Å². The first-order valence-corrected chi connectivity index (χ1v) is 11.5. The number of hydrogen-bond acceptors (Lipinski definition) is 3. The number of unbranched alkanes of at least 4 members (excludes halogenated alkanes) is 10. The molecule has 0 atom stereocenters. The minimum atomic E-state index is -0.227. The molecule has 2 aromatic rings. The summed E-state index contributed by atoms with van der Waals surface area (Å²) >= 11 is 0. The van der Waals surface area contributed by atoms with Crippen LogP contribution >= 0.6 is 0 Å². The lowest BCUT2D eigenvalue weighted by atomic mass is 10.1. The predicted molar refractivity (Wildman–Crippen MR) is 116 cm³/mol. The Bertz CT molecular complexity index is 639. The van der Waals surface area contributed by atoms with Gasteiger partial charge in [0.1, 0.15) is 11.3 Å². The van der Waals surface area contributed by atoms with E-state index in [1.54, 1.807) is 12.1 Å². The molecule has 1 aromatic heterocycles. The van der Waals surface area contributed by atoms with Gasteiger partial charge in [-0.1, -0.05) is 83.3 Å². The van der Waals surface area contributed by atoms with Crippen LogP contribution in [0.15, 0.2) is 18.2 Å². The molecule has 0 spiro atoms. The number of benzene rings is 1. The van der Waals surface area contributed by atoms with Gasteiger partial charge in [0.05, 0.1) is 12.2 Å². The first kappa shape index (κ1) is 22.8. The second kappa shape index (κ2) is 13.6. The van der Waals surface area contributed by atoms with Crippen LogP contribution in [0, 0.1) is 5.82 Å². The van der Waals surface area contributed by atoms with Gasteiger partial charge in [-0.15, -0.1) is 5.10 Å². The van der Waals surface area contributed by atoms with E-state index in [0.717, 1.165) is 24.1 Å². The molecule has 0 aliphatic heterocycles. The third kappa shape index (κ3) is 8.26. The van der Waals surface area contributed by atoms with Crippen LogP contribution in [-0.2, 0) is 6.67 Å². The molecule has 4 nitrogen and oxygen atoms in total. The molecule has 1 aromatic carbocycles. The van der Waals surface area contributed by atoms with E-state index >= 15 is 0 Å². The molecule has 1 heterocycles. The fourth-order valence-corrected chi connectivity index (χ4v) is 3.72. The Kier molecular flexibility index (Phi) is 11.1. The Balaban J connectivity index is 1.85. The SMILES string of the molecule is CCCCCCCCN(CCCCCCCC)Cn1nnc2ccc(F)cc21. The Hall–Kier alpha value is -1.49. The van der Waals surface area contributed by atoms with Crippen molar-refractivity contribution in [3.8, 4) is 0 Å². The van der Waals surface area contributed by atoms with Gasteiger partial charge in [0.2, 0.25) is 0 Å². The molecular weight excluding hydrogens is 351 g/mol. The van der Waals surface area contributed by atoms with Crippen molar-refractivity contribution >= 4 is 11.0 Å². The van der Waals surface area contributed by atoms with Gasteiger partial charge < -0.3 is 0 Å². The molecule has 0 aliphatic rings. The van der Waals surface area contributed by atoms with Gasteiger partial charge >= 0.3 is 0 Å². The van der Waals surface area contributed by atoms with Crippen LogP contribution in [-0.4, -0.2) is 33.0 Å². The van der Waals surface area contributed by atoms with Gasteiger partial charge in [-0.05, 0) is 38.1 Å². The molecule has 0 aliphatic carbocycles. The first-order chi connectivity index (χ1) is 13.7. The van der Waals surface area contributed by atoms with Crippen LogP contribution in [0.1, 0.15) is 90.9 Å². The summed E-state index contributed by atoms with van der Waals surface area (Å²) < 4.78 is 15.5. The number of nitrogens with zero attached hydrogens (tertiary/aromatic N) is 4. The molecule has 0 radical (unpaired) electrons. The van der Waals surface area contributed by atoms with Crippen LogP contribution in [0.25, 0.3) is 11.0 Å². The average Bonchev–Trinajstić information content (AvgIpc) is 3.08. The lowest BCUT2D eigenvalue weighted by Gasteiger charge is -2.22. The largest absolute Gasteiger partial charge is 0.284 e. The van der Waals surface area contributed by atoms with Crippen molar-refractivity contribution in [3.05, 3.63) is 24.0 Å². The molecular formula is C23H39FN4. The number of fused-ring (bicyclic) bond motifs is 1. The zero-order valence-corrected chi connectivity index (χ0v) is 18.0. The maximum atomic E-state index is 13.6. The average molecular weight is 391 g/mol. The van der Waals surface area contributed by atoms with E-state index in [0.29, 0.717) is 6.67 Å². The highest BCUT2D eigenvalue weighted by atomic mass is 19.1. The van der Waals surface area contributed by atoms with Crippen molar-refractivity contribution in [2.75, 3.05) is 13.1 Å². The van der Waals surface area contributed by atoms with Gasteiger partial charge in [0, 0.05) is 6.07 Å². The van der Waals surface area contributed by atoms with E-state index < -0.39 is 0 Å². The van der Waals surface area contributed by atoms with Crippen LogP contribution < -0.4 is 0 Å². The van der Waals surface area contributed by atoms with E-state index in [1.807, 2.05) is 4.68 Å². The minimum absolute atomic E-state index is 0.227. The molecule has 0 N–H and O–H groups in total. The van der Waals surface area contributed by atoms with Crippen molar-refractivity contribution in [1.82, 2.24) is 19.9 Å². The maximum absolute atomic E-state index is 13.6. The summed E-state index contributed by atoms with van der Waals surface area (Å²) in [5.74, 6) is -0.227. The molecule has 0 fully saturated rings. The second-order valence-electron chi connectivity index (χ2n) is 8.02. The summed E-state index contributed by atoms with van der Waals surface area (Å²) in [7, 11) is 0. The normalized spacial score (nSPS) is 11.7. The van der Waals surface area contributed by atoms with Crippen LogP contribution in [0.2, 0.25) is 0 Å². The summed E-state index contributed by atoms with van der Waals surface area (Å²) in [5, 5.41) is 8.46. The molecule has 0 saturated heterocycles. The number of halogens is 1. The molecule has 0 unspecified atom stereocenters. The molecule has 0 saturated carbocycles. The Labute approximate surface area is 170 Å². The standard InChI is InChI=1S/C23H39FN4/c1-3-5-7-9-11-13-17-27(18-14-12-10-8-6-4-2)20-28-23-19-21(24)15-16-22(23)25-26-28/h15-16,19H,3-14,17-18,20H2,1-2H3. The van der Waals surface area contributed by atoms with Gasteiger partial charge in [-0.2, -0.15) is 0 Å². The summed E-state index contributed by atoms with van der Waals surface area (Å²) in [6.45, 7) is 7.38. The quantitative estimate of drug-likeness (QED) is 0.305. The lowest BCUT2D eigenvalue weighted by Crippen LogP contribution is -2.29. The molecule has 2 rings (SSSR count). The van der Waals surface area contributed by atoms with E-state index in [9.17, 15) is 4.39 Å². The zero-order chi connectivity index (χ0) is 20.0. The van der Waals surface area contributed by atoms with Gasteiger partial charge in [-0.25, -0.2) is 9.07 Å². The Morgan fingerprint density at radius 3 is 2.00 bits per heavy atom. The third-order valence-corrected chi connectivity index (χ3v) is 5.47. The lowest BCUT2D eigenvalue weighted by molar-refractivity contribution is 0.199. The minimum Gasteiger partial charge on any atom is -0.284 e. The first-order valence-electron chi connectivity index (χ1n) is 11.5. The predicted octanol–water partition coefficient (Wildman–Crippen LogP) is 6.55. The summed E-state index contributed by atoms with van der Waals surface area (Å²) in [6, 6.07) is 4.70. The van der Waals surface area contributed by atoms with Crippen molar-refractivity contribution in [1.29, 1.82) is 0 Å². The third-order valence-electron chi connectivity index (χ3n) is 5.47. The Morgan fingerprint density at radius 2 is 1.39 bits per heavy atom. The highest BCUT2D eigenvalue weighted by molar-refractivity contribution is 5.73. The number of aromatic nitrogens is 3. The van der Waals surface area contributed by atoms with Crippen molar-refractivity contribution in [3.63, 3.8) is 0 Å². The van der Waals surface area contributed by atoms with E-state index in [4.69, 9.17) is 0 Å². The van der Waals surface area contributed by atoms with Crippen LogP contribution in [0.5, 0.6) is 0 Å². The zero-order valence-electron chi connectivity index (χ0n) is 18.0.